The number of rotatable bonds is 5. The Labute approximate surface area is 136 Å². The van der Waals surface area contributed by atoms with Gasteiger partial charge in [-0.05, 0) is 31.0 Å². The van der Waals surface area contributed by atoms with Gasteiger partial charge in [-0.3, -0.25) is 0 Å². The zero-order chi connectivity index (χ0) is 14.8. The Morgan fingerprint density at radius 2 is 2.00 bits per heavy atom. The van der Waals surface area contributed by atoms with Crippen LogP contribution in [0.1, 0.15) is 25.7 Å². The molecule has 1 aliphatic rings. The van der Waals surface area contributed by atoms with Crippen LogP contribution < -0.4 is 15.2 Å². The number of halogens is 2. The maximum Gasteiger partial charge on any atom is 0.244 e. The van der Waals surface area contributed by atoms with Crippen LogP contribution in [0.25, 0.3) is 0 Å². The molecule has 0 radical (unpaired) electrons. The predicted octanol–water partition coefficient (Wildman–Crippen LogP) is 2.32. The average Bonchev–Trinajstić information content (AvgIpc) is 2.87. The number of sulfonamides is 1. The van der Waals surface area contributed by atoms with Gasteiger partial charge in [-0.15, -0.1) is 12.4 Å². The first-order valence-electron chi connectivity index (χ1n) is 6.50. The lowest BCUT2D eigenvalue weighted by atomic mass is 10.0. The molecule has 0 heterocycles. The number of hydrogen-bond donors (Lipinski definition) is 2. The first kappa shape index (κ1) is 18.5. The Balaban J connectivity index is 0.00000220. The number of nitrogens with two attached hydrogens (primary N) is 1. The number of nitrogens with one attached hydrogen (secondary N) is 1. The number of benzene rings is 1. The Kier molecular flexibility index (Phi) is 6.31. The van der Waals surface area contributed by atoms with Crippen molar-refractivity contribution in [1.82, 2.24) is 4.72 Å². The molecule has 0 bridgehead atoms. The molecule has 0 unspecified atom stereocenters. The molecule has 1 aromatic carbocycles. The van der Waals surface area contributed by atoms with E-state index in [4.69, 9.17) is 22.1 Å². The standard InChI is InChI=1S/C13H19ClN2O3S.ClH/c1-19-11-5-4-10(14)8-12(11)20(17,18)16-13(9-15)6-2-3-7-13;/h4-5,8,16H,2-3,6-7,9,15H2,1H3;1H. The zero-order valence-electron chi connectivity index (χ0n) is 11.8. The third-order valence-corrected chi connectivity index (χ3v) is 5.55. The molecular formula is C13H20Cl2N2O3S. The van der Waals surface area contributed by atoms with E-state index < -0.39 is 15.6 Å². The summed E-state index contributed by atoms with van der Waals surface area (Å²) in [6, 6.07) is 4.52. The topological polar surface area (TPSA) is 81.4 Å². The van der Waals surface area contributed by atoms with Crippen LogP contribution in [-0.4, -0.2) is 27.6 Å². The van der Waals surface area contributed by atoms with Crippen molar-refractivity contribution < 1.29 is 13.2 Å². The van der Waals surface area contributed by atoms with E-state index in [1.165, 1.54) is 13.2 Å². The van der Waals surface area contributed by atoms with Gasteiger partial charge in [0.2, 0.25) is 10.0 Å². The van der Waals surface area contributed by atoms with Crippen LogP contribution in [0, 0.1) is 0 Å². The SMILES string of the molecule is COc1ccc(Cl)cc1S(=O)(=O)NC1(CN)CCCC1.Cl. The summed E-state index contributed by atoms with van der Waals surface area (Å²) in [6.07, 6.45) is 3.47. The first-order chi connectivity index (χ1) is 9.42. The second kappa shape index (κ2) is 7.15. The molecule has 0 spiro atoms. The van der Waals surface area contributed by atoms with Crippen LogP contribution in [0.4, 0.5) is 0 Å². The van der Waals surface area contributed by atoms with Gasteiger partial charge in [0.1, 0.15) is 10.6 Å². The fourth-order valence-electron chi connectivity index (χ4n) is 2.60. The Morgan fingerprint density at radius 3 is 2.52 bits per heavy atom. The van der Waals surface area contributed by atoms with Gasteiger partial charge in [-0.2, -0.15) is 0 Å². The Morgan fingerprint density at radius 1 is 1.38 bits per heavy atom. The molecule has 120 valence electrons. The van der Waals surface area contributed by atoms with E-state index in [9.17, 15) is 8.42 Å². The van der Waals surface area contributed by atoms with E-state index in [-0.39, 0.29) is 29.6 Å². The van der Waals surface area contributed by atoms with Crippen molar-refractivity contribution in [1.29, 1.82) is 0 Å². The Hall–Kier alpha value is -0.530. The fraction of sp³-hybridized carbons (Fsp3) is 0.538. The summed E-state index contributed by atoms with van der Waals surface area (Å²) in [5.41, 5.74) is 5.22. The Bertz CT molecular complexity index is 587. The van der Waals surface area contributed by atoms with E-state index in [2.05, 4.69) is 4.72 Å². The van der Waals surface area contributed by atoms with Gasteiger partial charge >= 0.3 is 0 Å². The predicted molar refractivity (Wildman–Crippen MR) is 85.8 cm³/mol. The molecule has 0 aliphatic heterocycles. The molecule has 1 aliphatic carbocycles. The highest BCUT2D eigenvalue weighted by molar-refractivity contribution is 7.89. The lowest BCUT2D eigenvalue weighted by Gasteiger charge is -2.28. The summed E-state index contributed by atoms with van der Waals surface area (Å²) in [7, 11) is -2.29. The minimum atomic E-state index is -3.72. The third-order valence-electron chi connectivity index (χ3n) is 3.72. The molecule has 1 fully saturated rings. The summed E-state index contributed by atoms with van der Waals surface area (Å²) in [6.45, 7) is 0.287. The quantitative estimate of drug-likeness (QED) is 0.849. The van der Waals surface area contributed by atoms with Crippen LogP contribution in [0.3, 0.4) is 0 Å². The molecule has 1 saturated carbocycles. The van der Waals surface area contributed by atoms with Crippen molar-refractivity contribution in [3.8, 4) is 5.75 Å². The summed E-state index contributed by atoms with van der Waals surface area (Å²) >= 11 is 5.89. The van der Waals surface area contributed by atoms with E-state index in [0.29, 0.717) is 5.02 Å². The molecule has 0 aromatic heterocycles. The van der Waals surface area contributed by atoms with Crippen molar-refractivity contribution in [2.75, 3.05) is 13.7 Å². The van der Waals surface area contributed by atoms with E-state index in [1.807, 2.05) is 0 Å². The smallest absolute Gasteiger partial charge is 0.244 e. The van der Waals surface area contributed by atoms with Crippen molar-refractivity contribution in [3.05, 3.63) is 23.2 Å². The van der Waals surface area contributed by atoms with Crippen molar-refractivity contribution in [2.45, 2.75) is 36.1 Å². The molecule has 21 heavy (non-hydrogen) atoms. The van der Waals surface area contributed by atoms with E-state index in [1.54, 1.807) is 12.1 Å². The molecule has 2 rings (SSSR count). The maximum atomic E-state index is 12.6. The van der Waals surface area contributed by atoms with E-state index in [0.717, 1.165) is 25.7 Å². The summed E-state index contributed by atoms with van der Waals surface area (Å²) in [4.78, 5) is 0.0484. The van der Waals surface area contributed by atoms with Crippen molar-refractivity contribution >= 4 is 34.0 Å². The zero-order valence-corrected chi connectivity index (χ0v) is 14.2. The van der Waals surface area contributed by atoms with E-state index >= 15 is 0 Å². The molecular weight excluding hydrogens is 335 g/mol. The summed E-state index contributed by atoms with van der Waals surface area (Å²) in [5.74, 6) is 0.270. The van der Waals surface area contributed by atoms with Crippen molar-refractivity contribution in [2.24, 2.45) is 5.73 Å². The first-order valence-corrected chi connectivity index (χ1v) is 8.36. The average molecular weight is 355 g/mol. The number of hydrogen-bond acceptors (Lipinski definition) is 4. The molecule has 3 N–H and O–H groups in total. The van der Waals surface area contributed by atoms with Crippen LogP contribution in [0.2, 0.25) is 5.02 Å². The van der Waals surface area contributed by atoms with Gasteiger partial charge in [0, 0.05) is 17.1 Å². The molecule has 0 atom stereocenters. The normalized spacial score (nSPS) is 17.3. The molecule has 0 amide bonds. The largest absolute Gasteiger partial charge is 0.495 e. The second-order valence-electron chi connectivity index (χ2n) is 5.09. The monoisotopic (exact) mass is 354 g/mol. The van der Waals surface area contributed by atoms with Gasteiger partial charge in [0.15, 0.2) is 0 Å². The van der Waals surface area contributed by atoms with Crippen LogP contribution in [0.5, 0.6) is 5.75 Å². The number of methoxy groups -OCH3 is 1. The van der Waals surface area contributed by atoms with Gasteiger partial charge in [0.05, 0.1) is 7.11 Å². The molecule has 8 heteroatoms. The van der Waals surface area contributed by atoms with Crippen LogP contribution in [-0.2, 0) is 10.0 Å². The lowest BCUT2D eigenvalue weighted by Crippen LogP contribution is -2.51. The third kappa shape index (κ3) is 4.02. The summed E-state index contributed by atoms with van der Waals surface area (Å²) in [5, 5.41) is 0.347. The minimum Gasteiger partial charge on any atom is -0.495 e. The van der Waals surface area contributed by atoms with Gasteiger partial charge in [0.25, 0.3) is 0 Å². The fourth-order valence-corrected chi connectivity index (χ4v) is 4.50. The van der Waals surface area contributed by atoms with Crippen molar-refractivity contribution in [3.63, 3.8) is 0 Å². The van der Waals surface area contributed by atoms with Crippen LogP contribution >= 0.6 is 24.0 Å². The van der Waals surface area contributed by atoms with Crippen LogP contribution in [0.15, 0.2) is 23.1 Å². The van der Waals surface area contributed by atoms with Gasteiger partial charge in [-0.1, -0.05) is 24.4 Å². The lowest BCUT2D eigenvalue weighted by molar-refractivity contribution is 0.389. The van der Waals surface area contributed by atoms with Gasteiger partial charge in [-0.25, -0.2) is 13.1 Å². The summed E-state index contributed by atoms with van der Waals surface area (Å²) < 4.78 is 33.0. The highest BCUT2D eigenvalue weighted by atomic mass is 35.5. The molecule has 5 nitrogen and oxygen atoms in total. The highest BCUT2D eigenvalue weighted by Gasteiger charge is 2.37. The molecule has 1 aromatic rings. The number of ether oxygens (including phenoxy) is 1. The molecule has 0 saturated heterocycles. The maximum absolute atomic E-state index is 12.6. The van der Waals surface area contributed by atoms with Gasteiger partial charge < -0.3 is 10.5 Å². The minimum absolute atomic E-state index is 0. The second-order valence-corrected chi connectivity index (χ2v) is 7.18. The highest BCUT2D eigenvalue weighted by Crippen LogP contribution is 2.33.